The summed E-state index contributed by atoms with van der Waals surface area (Å²) in [7, 11) is 4.08. The van der Waals surface area contributed by atoms with Gasteiger partial charge in [0, 0.05) is 28.9 Å². The van der Waals surface area contributed by atoms with Crippen LogP contribution in [0.4, 0.5) is 11.4 Å². The summed E-state index contributed by atoms with van der Waals surface area (Å²) in [5, 5.41) is 3.27. The third-order valence-corrected chi connectivity index (χ3v) is 4.69. The zero-order chi connectivity index (χ0) is 15.4. The van der Waals surface area contributed by atoms with Crippen LogP contribution in [0.5, 0.6) is 0 Å². The molecule has 0 aliphatic rings. The van der Waals surface area contributed by atoms with Crippen molar-refractivity contribution < 1.29 is 0 Å². The van der Waals surface area contributed by atoms with Crippen molar-refractivity contribution in [3.63, 3.8) is 0 Å². The Hall–Kier alpha value is -1.32. The van der Waals surface area contributed by atoms with Gasteiger partial charge in [-0.2, -0.15) is 0 Å². The zero-order valence-corrected chi connectivity index (χ0v) is 14.7. The number of rotatable bonds is 5. The summed E-state index contributed by atoms with van der Waals surface area (Å²) in [5.74, 6) is 0. The van der Waals surface area contributed by atoms with Crippen molar-refractivity contribution >= 4 is 27.3 Å². The van der Waals surface area contributed by atoms with Crippen molar-refractivity contribution in [3.8, 4) is 0 Å². The van der Waals surface area contributed by atoms with Crippen molar-refractivity contribution in [2.75, 3.05) is 19.0 Å². The molecule has 0 amide bonds. The van der Waals surface area contributed by atoms with E-state index < -0.39 is 0 Å². The van der Waals surface area contributed by atoms with Gasteiger partial charge in [0.2, 0.25) is 0 Å². The van der Waals surface area contributed by atoms with Crippen molar-refractivity contribution in [1.82, 2.24) is 5.32 Å². The van der Waals surface area contributed by atoms with Gasteiger partial charge in [-0.05, 0) is 55.8 Å². The SMILES string of the molecule is CCc1ccc(N(C)c2ccc(C(C)NC)c(Br)c2)cc1. The van der Waals surface area contributed by atoms with Gasteiger partial charge >= 0.3 is 0 Å². The first kappa shape index (κ1) is 16.1. The van der Waals surface area contributed by atoms with E-state index in [0.717, 1.165) is 10.9 Å². The lowest BCUT2D eigenvalue weighted by Crippen LogP contribution is -2.14. The van der Waals surface area contributed by atoms with Crippen molar-refractivity contribution in [2.45, 2.75) is 26.3 Å². The first-order valence-corrected chi connectivity index (χ1v) is 8.15. The Morgan fingerprint density at radius 2 is 1.71 bits per heavy atom. The Morgan fingerprint density at radius 3 is 2.24 bits per heavy atom. The first-order chi connectivity index (χ1) is 10.1. The van der Waals surface area contributed by atoms with E-state index in [1.165, 1.54) is 22.5 Å². The number of nitrogens with zero attached hydrogens (tertiary/aromatic N) is 1. The number of nitrogens with one attached hydrogen (secondary N) is 1. The summed E-state index contributed by atoms with van der Waals surface area (Å²) in [4.78, 5) is 2.21. The molecule has 21 heavy (non-hydrogen) atoms. The molecule has 0 aliphatic carbocycles. The monoisotopic (exact) mass is 346 g/mol. The minimum atomic E-state index is 0.336. The van der Waals surface area contributed by atoms with Crippen molar-refractivity contribution in [3.05, 3.63) is 58.1 Å². The van der Waals surface area contributed by atoms with Crippen LogP contribution in [-0.4, -0.2) is 14.1 Å². The van der Waals surface area contributed by atoms with E-state index in [0.29, 0.717) is 6.04 Å². The Kier molecular flexibility index (Phi) is 5.43. The van der Waals surface area contributed by atoms with Gasteiger partial charge in [-0.15, -0.1) is 0 Å². The fourth-order valence-electron chi connectivity index (χ4n) is 2.34. The van der Waals surface area contributed by atoms with Gasteiger partial charge < -0.3 is 10.2 Å². The molecule has 3 heteroatoms. The number of anilines is 2. The standard InChI is InChI=1S/C18H23BrN2/c1-5-14-6-8-15(9-7-14)21(4)16-10-11-17(13(2)20-3)18(19)12-16/h6-13,20H,5H2,1-4H3. The summed E-state index contributed by atoms with van der Waals surface area (Å²) >= 11 is 3.69. The van der Waals surface area contributed by atoms with Gasteiger partial charge in [0.15, 0.2) is 0 Å². The van der Waals surface area contributed by atoms with Crippen LogP contribution in [0.2, 0.25) is 0 Å². The zero-order valence-electron chi connectivity index (χ0n) is 13.2. The molecule has 112 valence electrons. The van der Waals surface area contributed by atoms with E-state index in [4.69, 9.17) is 0 Å². The Morgan fingerprint density at radius 1 is 1.10 bits per heavy atom. The Balaban J connectivity index is 2.26. The second kappa shape index (κ2) is 7.10. The van der Waals surface area contributed by atoms with Crippen LogP contribution >= 0.6 is 15.9 Å². The van der Waals surface area contributed by atoms with Crippen LogP contribution in [0.1, 0.15) is 31.0 Å². The molecular formula is C18H23BrN2. The molecule has 1 atom stereocenters. The van der Waals surface area contributed by atoms with Crippen molar-refractivity contribution in [1.29, 1.82) is 0 Å². The summed E-state index contributed by atoms with van der Waals surface area (Å²) in [6.45, 7) is 4.34. The second-order valence-corrected chi connectivity index (χ2v) is 6.15. The number of hydrogen-bond donors (Lipinski definition) is 1. The van der Waals surface area contributed by atoms with Crippen LogP contribution < -0.4 is 10.2 Å². The molecule has 2 aromatic carbocycles. The molecule has 1 N–H and O–H groups in total. The van der Waals surface area contributed by atoms with Gasteiger partial charge in [0.25, 0.3) is 0 Å². The van der Waals surface area contributed by atoms with Gasteiger partial charge in [-0.3, -0.25) is 0 Å². The van der Waals surface area contributed by atoms with Gasteiger partial charge in [-0.25, -0.2) is 0 Å². The van der Waals surface area contributed by atoms with Crippen molar-refractivity contribution in [2.24, 2.45) is 0 Å². The highest BCUT2D eigenvalue weighted by Gasteiger charge is 2.10. The van der Waals surface area contributed by atoms with Crippen LogP contribution in [0, 0.1) is 0 Å². The van der Waals surface area contributed by atoms with E-state index in [-0.39, 0.29) is 0 Å². The molecule has 0 aliphatic heterocycles. The predicted molar refractivity (Wildman–Crippen MR) is 95.5 cm³/mol. The van der Waals surface area contributed by atoms with Crippen LogP contribution in [0.25, 0.3) is 0 Å². The summed E-state index contributed by atoms with van der Waals surface area (Å²) < 4.78 is 1.14. The van der Waals surface area contributed by atoms with Crippen LogP contribution in [0.3, 0.4) is 0 Å². The molecular weight excluding hydrogens is 324 g/mol. The van der Waals surface area contributed by atoms with E-state index in [1.807, 2.05) is 7.05 Å². The minimum absolute atomic E-state index is 0.336. The van der Waals surface area contributed by atoms with E-state index in [1.54, 1.807) is 0 Å². The number of halogens is 1. The molecule has 0 saturated heterocycles. The predicted octanol–water partition coefficient (Wildman–Crippen LogP) is 5.06. The molecule has 0 radical (unpaired) electrons. The quantitative estimate of drug-likeness (QED) is 0.813. The maximum atomic E-state index is 3.69. The van der Waals surface area contributed by atoms with Gasteiger partial charge in [0.05, 0.1) is 0 Å². The molecule has 0 fully saturated rings. The molecule has 2 rings (SSSR count). The summed E-state index contributed by atoms with van der Waals surface area (Å²) in [6, 6.07) is 15.6. The molecule has 0 spiro atoms. The highest BCUT2D eigenvalue weighted by atomic mass is 79.9. The largest absolute Gasteiger partial charge is 0.345 e. The summed E-state index contributed by atoms with van der Waals surface area (Å²) in [5.41, 5.74) is 5.02. The third-order valence-electron chi connectivity index (χ3n) is 4.00. The van der Waals surface area contributed by atoms with E-state index in [2.05, 4.69) is 89.5 Å². The average Bonchev–Trinajstić information content (AvgIpc) is 2.53. The van der Waals surface area contributed by atoms with E-state index in [9.17, 15) is 0 Å². The summed E-state index contributed by atoms with van der Waals surface area (Å²) in [6.07, 6.45) is 1.08. The maximum Gasteiger partial charge on any atom is 0.0419 e. The fraction of sp³-hybridized carbons (Fsp3) is 0.333. The number of benzene rings is 2. The Labute approximate surface area is 136 Å². The average molecular weight is 347 g/mol. The molecule has 0 aromatic heterocycles. The minimum Gasteiger partial charge on any atom is -0.345 e. The lowest BCUT2D eigenvalue weighted by molar-refractivity contribution is 0.649. The van der Waals surface area contributed by atoms with Gasteiger partial charge in [-0.1, -0.05) is 41.1 Å². The first-order valence-electron chi connectivity index (χ1n) is 7.36. The lowest BCUT2D eigenvalue weighted by atomic mass is 10.1. The number of aryl methyl sites for hydroxylation is 1. The second-order valence-electron chi connectivity index (χ2n) is 5.30. The third kappa shape index (κ3) is 3.66. The molecule has 0 heterocycles. The highest BCUT2D eigenvalue weighted by molar-refractivity contribution is 9.10. The topological polar surface area (TPSA) is 15.3 Å². The maximum absolute atomic E-state index is 3.69. The lowest BCUT2D eigenvalue weighted by Gasteiger charge is -2.22. The fourth-order valence-corrected chi connectivity index (χ4v) is 3.05. The Bertz CT molecular complexity index is 593. The van der Waals surface area contributed by atoms with Crippen LogP contribution in [-0.2, 0) is 6.42 Å². The number of hydrogen-bond acceptors (Lipinski definition) is 2. The van der Waals surface area contributed by atoms with E-state index >= 15 is 0 Å². The molecule has 1 unspecified atom stereocenters. The molecule has 2 nitrogen and oxygen atoms in total. The molecule has 2 aromatic rings. The van der Waals surface area contributed by atoms with Gasteiger partial charge in [0.1, 0.15) is 0 Å². The normalized spacial score (nSPS) is 12.2. The molecule has 0 saturated carbocycles. The molecule has 0 bridgehead atoms. The smallest absolute Gasteiger partial charge is 0.0419 e. The van der Waals surface area contributed by atoms with Crippen LogP contribution in [0.15, 0.2) is 46.9 Å². The highest BCUT2D eigenvalue weighted by Crippen LogP contribution is 2.31.